The highest BCUT2D eigenvalue weighted by Gasteiger charge is 2.73. The summed E-state index contributed by atoms with van der Waals surface area (Å²) in [6.45, 7) is 0. The average molecular weight is 248 g/mol. The summed E-state index contributed by atoms with van der Waals surface area (Å²) in [6.07, 6.45) is 4.98. The summed E-state index contributed by atoms with van der Waals surface area (Å²) in [5, 5.41) is 0. The highest BCUT2D eigenvalue weighted by molar-refractivity contribution is 5.98. The zero-order chi connectivity index (χ0) is 12.1. The molecule has 0 N–H and O–H groups in total. The fourth-order valence-electron chi connectivity index (χ4n) is 4.67. The molecule has 5 rings (SSSR count). The molecule has 18 heavy (non-hydrogen) atoms. The third kappa shape index (κ3) is 0.844. The van der Waals surface area contributed by atoms with Crippen LogP contribution in [0, 0.1) is 17.3 Å². The van der Waals surface area contributed by atoms with Gasteiger partial charge in [0, 0.05) is 11.8 Å². The van der Waals surface area contributed by atoms with Crippen LogP contribution >= 0.6 is 0 Å². The van der Waals surface area contributed by atoms with Crippen molar-refractivity contribution >= 4 is 11.9 Å². The van der Waals surface area contributed by atoms with Gasteiger partial charge in [0.05, 0.1) is 30.8 Å². The maximum absolute atomic E-state index is 12.0. The number of carbonyl (C=O) groups excluding carboxylic acids is 2. The van der Waals surface area contributed by atoms with Gasteiger partial charge in [-0.25, -0.2) is 0 Å². The minimum atomic E-state index is -0.718. The second-order valence-corrected chi connectivity index (χ2v) is 6.00. The average Bonchev–Trinajstić information content (AvgIpc) is 3.07. The van der Waals surface area contributed by atoms with E-state index >= 15 is 0 Å². The molecule has 5 nitrogen and oxygen atoms in total. The first-order valence-corrected chi connectivity index (χ1v) is 6.43. The van der Waals surface area contributed by atoms with Gasteiger partial charge >= 0.3 is 11.9 Å². The van der Waals surface area contributed by atoms with Gasteiger partial charge in [0.25, 0.3) is 0 Å². The predicted molar refractivity (Wildman–Crippen MR) is 56.2 cm³/mol. The smallest absolute Gasteiger partial charge is 0.323 e. The van der Waals surface area contributed by atoms with Crippen LogP contribution in [0.5, 0.6) is 0 Å². The van der Waals surface area contributed by atoms with Crippen molar-refractivity contribution in [3.05, 3.63) is 12.2 Å². The van der Waals surface area contributed by atoms with Gasteiger partial charge in [0.15, 0.2) is 0 Å². The molecule has 0 radical (unpaired) electrons. The third-order valence-electron chi connectivity index (χ3n) is 5.29. The van der Waals surface area contributed by atoms with Crippen molar-refractivity contribution in [2.24, 2.45) is 17.3 Å². The minimum Gasteiger partial charge on any atom is -0.393 e. The van der Waals surface area contributed by atoms with E-state index in [0.717, 1.165) is 0 Å². The number of rotatable bonds is 0. The Hall–Kier alpha value is -1.20. The summed E-state index contributed by atoms with van der Waals surface area (Å²) in [5.41, 5.74) is -0.718. The molecule has 4 fully saturated rings. The Morgan fingerprint density at radius 2 is 1.89 bits per heavy atom. The van der Waals surface area contributed by atoms with Crippen molar-refractivity contribution in [1.82, 2.24) is 0 Å². The molecule has 0 aromatic carbocycles. The molecule has 0 aliphatic carbocycles. The van der Waals surface area contributed by atoms with E-state index in [1.54, 1.807) is 0 Å². The Morgan fingerprint density at radius 3 is 2.61 bits per heavy atom. The highest BCUT2D eigenvalue weighted by atomic mass is 16.6. The van der Waals surface area contributed by atoms with Gasteiger partial charge in [0.1, 0.15) is 5.41 Å². The molecule has 7 unspecified atom stereocenters. The van der Waals surface area contributed by atoms with Crippen LogP contribution in [0.3, 0.4) is 0 Å². The summed E-state index contributed by atoms with van der Waals surface area (Å²) in [4.78, 5) is 23.4. The van der Waals surface area contributed by atoms with Gasteiger partial charge in [0.2, 0.25) is 0 Å². The van der Waals surface area contributed by atoms with E-state index in [4.69, 9.17) is 14.2 Å². The van der Waals surface area contributed by atoms with E-state index in [0.29, 0.717) is 12.3 Å². The maximum Gasteiger partial charge on any atom is 0.323 e. The fraction of sp³-hybridized carbons (Fsp3) is 0.692. The van der Waals surface area contributed by atoms with E-state index < -0.39 is 11.4 Å². The molecule has 0 saturated carbocycles. The van der Waals surface area contributed by atoms with Crippen LogP contribution in [-0.4, -0.2) is 36.4 Å². The van der Waals surface area contributed by atoms with Crippen molar-refractivity contribution in [2.45, 2.75) is 37.3 Å². The normalized spacial score (nSPS) is 58.9. The molecule has 0 amide bonds. The van der Waals surface area contributed by atoms with Crippen LogP contribution in [-0.2, 0) is 23.8 Å². The standard InChI is InChI=1S/C13H12O5/c14-8-4-13(12(15)18-8)3-7-9-5-1-2-6(16-5)10(9)11(13)17-7/h1-2,5-7,9-11H,3-4H2. The summed E-state index contributed by atoms with van der Waals surface area (Å²) in [6, 6.07) is 0. The number of hydrogen-bond acceptors (Lipinski definition) is 5. The van der Waals surface area contributed by atoms with Crippen molar-refractivity contribution in [2.75, 3.05) is 0 Å². The Kier molecular flexibility index (Phi) is 1.45. The van der Waals surface area contributed by atoms with Crippen LogP contribution in [0.4, 0.5) is 0 Å². The molecular weight excluding hydrogens is 236 g/mol. The Balaban J connectivity index is 1.59. The summed E-state index contributed by atoms with van der Waals surface area (Å²) in [7, 11) is 0. The SMILES string of the molecule is O=C1CC2(CC3OC2C2C4C=CC(O4)C32)C(=O)O1. The number of carbonyl (C=O) groups is 2. The van der Waals surface area contributed by atoms with Crippen molar-refractivity contribution in [3.63, 3.8) is 0 Å². The Morgan fingerprint density at radius 1 is 1.11 bits per heavy atom. The van der Waals surface area contributed by atoms with Crippen molar-refractivity contribution in [1.29, 1.82) is 0 Å². The first-order chi connectivity index (χ1) is 8.69. The van der Waals surface area contributed by atoms with Crippen LogP contribution in [0.15, 0.2) is 12.2 Å². The minimum absolute atomic E-state index is 0.0402. The van der Waals surface area contributed by atoms with Gasteiger partial charge in [-0.2, -0.15) is 0 Å². The number of esters is 2. The lowest BCUT2D eigenvalue weighted by Crippen LogP contribution is -2.47. The fourth-order valence-corrected chi connectivity index (χ4v) is 4.67. The summed E-state index contributed by atoms with van der Waals surface area (Å²) >= 11 is 0. The third-order valence-corrected chi connectivity index (χ3v) is 5.29. The van der Waals surface area contributed by atoms with Crippen LogP contribution in [0.25, 0.3) is 0 Å². The molecule has 4 saturated heterocycles. The van der Waals surface area contributed by atoms with Gasteiger partial charge in [-0.05, 0) is 6.42 Å². The molecule has 1 spiro atoms. The maximum atomic E-state index is 12.0. The van der Waals surface area contributed by atoms with Crippen LogP contribution in [0.2, 0.25) is 0 Å². The number of cyclic esters (lactones) is 2. The van der Waals surface area contributed by atoms with Gasteiger partial charge < -0.3 is 14.2 Å². The highest BCUT2D eigenvalue weighted by Crippen LogP contribution is 2.63. The van der Waals surface area contributed by atoms with E-state index in [1.165, 1.54) is 0 Å². The zero-order valence-electron chi connectivity index (χ0n) is 9.57. The molecular formula is C13H12O5. The van der Waals surface area contributed by atoms with E-state index in [1.807, 2.05) is 0 Å². The Labute approximate surface area is 103 Å². The van der Waals surface area contributed by atoms with Crippen LogP contribution in [0.1, 0.15) is 12.8 Å². The van der Waals surface area contributed by atoms with Gasteiger partial charge in [-0.3, -0.25) is 9.59 Å². The first kappa shape index (κ1) is 9.69. The van der Waals surface area contributed by atoms with E-state index in [9.17, 15) is 9.59 Å². The molecule has 5 heterocycles. The molecule has 5 aliphatic heterocycles. The largest absolute Gasteiger partial charge is 0.393 e. The molecule has 0 aromatic heterocycles. The van der Waals surface area contributed by atoms with Crippen molar-refractivity contribution in [3.8, 4) is 0 Å². The van der Waals surface area contributed by atoms with Crippen LogP contribution < -0.4 is 0 Å². The molecule has 7 atom stereocenters. The molecule has 0 aromatic rings. The quantitative estimate of drug-likeness (QED) is 0.348. The predicted octanol–water partition coefficient (Wildman–Crippen LogP) is 0.187. The number of hydrogen-bond donors (Lipinski definition) is 0. The molecule has 94 valence electrons. The van der Waals surface area contributed by atoms with E-state index in [2.05, 4.69) is 12.2 Å². The van der Waals surface area contributed by atoms with Gasteiger partial charge in [-0.1, -0.05) is 12.2 Å². The first-order valence-electron chi connectivity index (χ1n) is 6.43. The second-order valence-electron chi connectivity index (χ2n) is 6.00. The van der Waals surface area contributed by atoms with E-state index in [-0.39, 0.29) is 42.7 Å². The summed E-state index contributed by atoms with van der Waals surface area (Å²) in [5.74, 6) is -0.214. The lowest BCUT2D eigenvalue weighted by molar-refractivity contribution is -0.156. The molecule has 5 aliphatic rings. The van der Waals surface area contributed by atoms with Crippen molar-refractivity contribution < 1.29 is 23.8 Å². The zero-order valence-corrected chi connectivity index (χ0v) is 9.57. The summed E-state index contributed by atoms with van der Waals surface area (Å²) < 4.78 is 16.6. The lowest BCUT2D eigenvalue weighted by Gasteiger charge is -2.35. The number of ether oxygens (including phenoxy) is 3. The molecule has 5 heteroatoms. The topological polar surface area (TPSA) is 61.8 Å². The Bertz CT molecular complexity index is 512. The monoisotopic (exact) mass is 248 g/mol. The lowest BCUT2D eigenvalue weighted by atomic mass is 9.62. The molecule has 4 bridgehead atoms. The number of fused-ring (bicyclic) bond motifs is 10. The van der Waals surface area contributed by atoms with Gasteiger partial charge in [-0.15, -0.1) is 0 Å². The second kappa shape index (κ2) is 2.70.